The number of anilines is 1. The summed E-state index contributed by atoms with van der Waals surface area (Å²) in [5.74, 6) is 1.79. The summed E-state index contributed by atoms with van der Waals surface area (Å²) in [5.41, 5.74) is 1.27. The van der Waals surface area contributed by atoms with Crippen molar-refractivity contribution in [2.45, 2.75) is 13.3 Å². The topological polar surface area (TPSA) is 94.3 Å². The molecule has 1 amide bonds. The quantitative estimate of drug-likeness (QED) is 0.617. The Morgan fingerprint density at radius 1 is 1.08 bits per heavy atom. The number of carbonyl (C=O) groups excluding carboxylic acids is 1. The summed E-state index contributed by atoms with van der Waals surface area (Å²) in [6.45, 7) is 1.75. The van der Waals surface area contributed by atoms with Gasteiger partial charge in [-0.3, -0.25) is 4.79 Å². The standard InChI is InChI=1S/C17H13N3O4/c1-10-6-16(20-23-10)18-17(21)9-12-8-15(24-19-12)14-7-11-4-2-3-5-13(11)22-14/h2-8H,9H2,1H3,(H,18,20,21). The van der Waals surface area contributed by atoms with Crippen molar-refractivity contribution in [2.75, 3.05) is 5.32 Å². The van der Waals surface area contributed by atoms with Gasteiger partial charge in [0.15, 0.2) is 11.6 Å². The smallest absolute Gasteiger partial charge is 0.231 e. The van der Waals surface area contributed by atoms with Crippen LogP contribution in [0.15, 0.2) is 55.9 Å². The number of carbonyl (C=O) groups is 1. The molecule has 1 N–H and O–H groups in total. The van der Waals surface area contributed by atoms with Crippen molar-refractivity contribution in [1.29, 1.82) is 0 Å². The molecule has 7 nitrogen and oxygen atoms in total. The molecule has 0 aliphatic rings. The molecular weight excluding hydrogens is 310 g/mol. The first-order valence-corrected chi connectivity index (χ1v) is 7.35. The summed E-state index contributed by atoms with van der Waals surface area (Å²) in [7, 11) is 0. The molecule has 120 valence electrons. The highest BCUT2D eigenvalue weighted by Gasteiger charge is 2.15. The Morgan fingerprint density at radius 3 is 2.75 bits per heavy atom. The molecule has 4 aromatic rings. The maximum Gasteiger partial charge on any atom is 0.231 e. The van der Waals surface area contributed by atoms with Crippen molar-refractivity contribution in [2.24, 2.45) is 0 Å². The number of furan rings is 1. The van der Waals surface area contributed by atoms with Crippen molar-refractivity contribution < 1.29 is 18.3 Å². The molecule has 24 heavy (non-hydrogen) atoms. The van der Waals surface area contributed by atoms with Crippen LogP contribution in [0.5, 0.6) is 0 Å². The predicted molar refractivity (Wildman–Crippen MR) is 85.3 cm³/mol. The molecule has 0 aliphatic heterocycles. The maximum absolute atomic E-state index is 12.0. The van der Waals surface area contributed by atoms with E-state index in [1.54, 1.807) is 19.1 Å². The lowest BCUT2D eigenvalue weighted by Gasteiger charge is -1.97. The van der Waals surface area contributed by atoms with E-state index in [0.717, 1.165) is 11.0 Å². The SMILES string of the molecule is Cc1cc(NC(=O)Cc2cc(-c3cc4ccccc4o3)on2)no1. The van der Waals surface area contributed by atoms with E-state index >= 15 is 0 Å². The number of aromatic nitrogens is 2. The average Bonchev–Trinajstić information content (AvgIpc) is 3.26. The summed E-state index contributed by atoms with van der Waals surface area (Å²) in [4.78, 5) is 12.0. The molecule has 0 spiro atoms. The van der Waals surface area contributed by atoms with Crippen molar-refractivity contribution in [3.05, 3.63) is 53.9 Å². The summed E-state index contributed by atoms with van der Waals surface area (Å²) >= 11 is 0. The van der Waals surface area contributed by atoms with Gasteiger partial charge in [-0.05, 0) is 19.1 Å². The van der Waals surface area contributed by atoms with Crippen molar-refractivity contribution in [1.82, 2.24) is 10.3 Å². The molecule has 7 heteroatoms. The van der Waals surface area contributed by atoms with Crippen molar-refractivity contribution >= 4 is 22.7 Å². The van der Waals surface area contributed by atoms with E-state index in [2.05, 4.69) is 15.6 Å². The first-order valence-electron chi connectivity index (χ1n) is 7.35. The Kier molecular flexibility index (Phi) is 3.38. The van der Waals surface area contributed by atoms with E-state index in [1.807, 2.05) is 30.3 Å². The molecule has 0 radical (unpaired) electrons. The van der Waals surface area contributed by atoms with Gasteiger partial charge in [0.1, 0.15) is 11.3 Å². The number of hydrogen-bond acceptors (Lipinski definition) is 6. The molecular formula is C17H13N3O4. The van der Waals surface area contributed by atoms with Crippen LogP contribution in [0.3, 0.4) is 0 Å². The lowest BCUT2D eigenvalue weighted by molar-refractivity contribution is -0.115. The molecule has 1 aromatic carbocycles. The monoisotopic (exact) mass is 323 g/mol. The van der Waals surface area contributed by atoms with Gasteiger partial charge < -0.3 is 18.8 Å². The number of nitrogens with one attached hydrogen (secondary N) is 1. The third-order valence-corrected chi connectivity index (χ3v) is 3.46. The predicted octanol–water partition coefficient (Wildman–Crippen LogP) is 3.57. The minimum absolute atomic E-state index is 0.0651. The van der Waals surface area contributed by atoms with E-state index in [9.17, 15) is 4.79 Å². The molecule has 0 unspecified atom stereocenters. The highest BCUT2D eigenvalue weighted by atomic mass is 16.5. The van der Waals surface area contributed by atoms with E-state index in [0.29, 0.717) is 28.8 Å². The van der Waals surface area contributed by atoms with Gasteiger partial charge in [-0.15, -0.1) is 0 Å². The van der Waals surface area contributed by atoms with Gasteiger partial charge in [0.05, 0.1) is 12.1 Å². The normalized spacial score (nSPS) is 11.0. The van der Waals surface area contributed by atoms with Crippen LogP contribution < -0.4 is 5.32 Å². The van der Waals surface area contributed by atoms with Crippen LogP contribution in [-0.2, 0) is 11.2 Å². The van der Waals surface area contributed by atoms with Crippen molar-refractivity contribution in [3.8, 4) is 11.5 Å². The zero-order chi connectivity index (χ0) is 16.5. The molecule has 0 bridgehead atoms. The Bertz CT molecular complexity index is 979. The lowest BCUT2D eigenvalue weighted by Crippen LogP contribution is -2.14. The highest BCUT2D eigenvalue weighted by Crippen LogP contribution is 2.28. The number of benzene rings is 1. The molecule has 0 aliphatic carbocycles. The fourth-order valence-electron chi connectivity index (χ4n) is 2.39. The van der Waals surface area contributed by atoms with Gasteiger partial charge in [0, 0.05) is 17.5 Å². The van der Waals surface area contributed by atoms with Gasteiger partial charge in [-0.25, -0.2) is 0 Å². The Hall–Kier alpha value is -3.35. The minimum atomic E-state index is -0.257. The third-order valence-electron chi connectivity index (χ3n) is 3.46. The molecule has 3 aromatic heterocycles. The van der Waals surface area contributed by atoms with Crippen LogP contribution in [-0.4, -0.2) is 16.2 Å². The summed E-state index contributed by atoms with van der Waals surface area (Å²) in [6.07, 6.45) is 0.0651. The Labute approximate surface area is 136 Å². The molecule has 0 saturated heterocycles. The molecule has 4 rings (SSSR count). The lowest BCUT2D eigenvalue weighted by atomic mass is 10.2. The summed E-state index contributed by atoms with van der Waals surface area (Å²) < 4.78 is 15.9. The number of nitrogens with zero attached hydrogens (tertiary/aromatic N) is 2. The Balaban J connectivity index is 1.49. The number of aryl methyl sites for hydroxylation is 1. The molecule has 0 saturated carbocycles. The number of hydrogen-bond donors (Lipinski definition) is 1. The average molecular weight is 323 g/mol. The first kappa shape index (κ1) is 14.3. The van der Waals surface area contributed by atoms with Gasteiger partial charge >= 0.3 is 0 Å². The zero-order valence-corrected chi connectivity index (χ0v) is 12.8. The van der Waals surface area contributed by atoms with E-state index in [4.69, 9.17) is 13.5 Å². The highest BCUT2D eigenvalue weighted by molar-refractivity contribution is 5.91. The van der Waals surface area contributed by atoms with E-state index < -0.39 is 0 Å². The van der Waals surface area contributed by atoms with Crippen LogP contribution in [0.2, 0.25) is 0 Å². The van der Waals surface area contributed by atoms with Crippen LogP contribution in [0.4, 0.5) is 5.82 Å². The van der Waals surface area contributed by atoms with Gasteiger partial charge in [-0.2, -0.15) is 0 Å². The van der Waals surface area contributed by atoms with Crippen LogP contribution in [0, 0.1) is 6.92 Å². The van der Waals surface area contributed by atoms with Crippen LogP contribution >= 0.6 is 0 Å². The van der Waals surface area contributed by atoms with Gasteiger partial charge in [-0.1, -0.05) is 28.5 Å². The summed E-state index contributed by atoms with van der Waals surface area (Å²) in [5, 5.41) is 11.2. The molecule has 0 atom stereocenters. The molecule has 0 fully saturated rings. The number of para-hydroxylation sites is 1. The fraction of sp³-hybridized carbons (Fsp3) is 0.118. The Morgan fingerprint density at radius 2 is 1.96 bits per heavy atom. The van der Waals surface area contributed by atoms with Crippen LogP contribution in [0.25, 0.3) is 22.5 Å². The van der Waals surface area contributed by atoms with E-state index in [-0.39, 0.29) is 12.3 Å². The third kappa shape index (κ3) is 2.79. The number of amides is 1. The number of rotatable bonds is 4. The minimum Gasteiger partial charge on any atom is -0.453 e. The molecule has 3 heterocycles. The second kappa shape index (κ2) is 5.69. The number of fused-ring (bicyclic) bond motifs is 1. The first-order chi connectivity index (χ1) is 11.7. The van der Waals surface area contributed by atoms with Gasteiger partial charge in [0.25, 0.3) is 0 Å². The second-order valence-electron chi connectivity index (χ2n) is 5.38. The van der Waals surface area contributed by atoms with Gasteiger partial charge in [0.2, 0.25) is 11.7 Å². The van der Waals surface area contributed by atoms with Crippen LogP contribution in [0.1, 0.15) is 11.5 Å². The fourth-order valence-corrected chi connectivity index (χ4v) is 2.39. The maximum atomic E-state index is 12.0. The largest absolute Gasteiger partial charge is 0.453 e. The second-order valence-corrected chi connectivity index (χ2v) is 5.38. The zero-order valence-electron chi connectivity index (χ0n) is 12.8. The van der Waals surface area contributed by atoms with Crippen molar-refractivity contribution in [3.63, 3.8) is 0 Å². The summed E-state index contributed by atoms with van der Waals surface area (Å²) in [6, 6.07) is 12.9. The van der Waals surface area contributed by atoms with E-state index in [1.165, 1.54) is 0 Å².